The van der Waals surface area contributed by atoms with Crippen LogP contribution >= 0.6 is 23.2 Å². The highest BCUT2D eigenvalue weighted by Crippen LogP contribution is 2.38. The molecule has 0 spiro atoms. The number of nitrogens with one attached hydrogen (secondary N) is 1. The van der Waals surface area contributed by atoms with Gasteiger partial charge in [-0.1, -0.05) is 23.2 Å². The topological polar surface area (TPSA) is 52.6 Å². The molecule has 1 aromatic carbocycles. The Morgan fingerprint density at radius 3 is 2.65 bits per heavy atom. The highest BCUT2D eigenvalue weighted by Gasteiger charge is 2.42. The zero-order valence-corrected chi connectivity index (χ0v) is 12.4. The van der Waals surface area contributed by atoms with E-state index in [0.717, 1.165) is 13.0 Å². The number of carbonyl (C=O) groups is 1. The van der Waals surface area contributed by atoms with Crippen LogP contribution in [0.15, 0.2) is 18.2 Å². The quantitative estimate of drug-likeness (QED) is 0.898. The van der Waals surface area contributed by atoms with Gasteiger partial charge in [0.05, 0.1) is 10.0 Å². The molecule has 108 valence electrons. The van der Waals surface area contributed by atoms with E-state index < -0.39 is 6.09 Å². The molecule has 1 aromatic rings. The van der Waals surface area contributed by atoms with Crippen LogP contribution in [-0.4, -0.2) is 30.3 Å². The van der Waals surface area contributed by atoms with Crippen LogP contribution < -0.4 is 10.2 Å². The number of carboxylic acid groups (broad SMARTS) is 1. The summed E-state index contributed by atoms with van der Waals surface area (Å²) >= 11 is 11.9. The smallest absolute Gasteiger partial charge is 0.411 e. The molecule has 1 heterocycles. The van der Waals surface area contributed by atoms with E-state index in [1.165, 1.54) is 11.3 Å². The van der Waals surface area contributed by atoms with Crippen molar-refractivity contribution in [2.45, 2.75) is 18.9 Å². The highest BCUT2D eigenvalue weighted by atomic mass is 35.5. The SMILES string of the molecule is O=C(O)N(CC1C2CCC1NC2)c1ccc(Cl)c(Cl)c1. The molecule has 3 atom stereocenters. The second-order valence-electron chi connectivity index (χ2n) is 5.51. The maximum absolute atomic E-state index is 11.5. The molecule has 2 N–H and O–H groups in total. The van der Waals surface area contributed by atoms with Crippen molar-refractivity contribution in [1.29, 1.82) is 0 Å². The molecule has 1 aliphatic carbocycles. The molecule has 4 nitrogen and oxygen atoms in total. The van der Waals surface area contributed by atoms with E-state index in [9.17, 15) is 9.90 Å². The van der Waals surface area contributed by atoms with E-state index in [1.807, 2.05) is 0 Å². The Kier molecular flexibility index (Phi) is 3.80. The molecule has 0 aromatic heterocycles. The second-order valence-corrected chi connectivity index (χ2v) is 6.32. The van der Waals surface area contributed by atoms with Crippen molar-refractivity contribution in [3.63, 3.8) is 0 Å². The number of benzene rings is 1. The van der Waals surface area contributed by atoms with Crippen LogP contribution in [0.5, 0.6) is 0 Å². The van der Waals surface area contributed by atoms with Gasteiger partial charge in [-0.05, 0) is 49.4 Å². The molecule has 1 amide bonds. The first kappa shape index (κ1) is 14.0. The number of piperidine rings is 1. The zero-order chi connectivity index (χ0) is 14.3. The lowest BCUT2D eigenvalue weighted by molar-refractivity contribution is 0.200. The summed E-state index contributed by atoms with van der Waals surface area (Å²) in [5.41, 5.74) is 0.582. The average Bonchev–Trinajstić information content (AvgIpc) is 2.98. The number of halogens is 2. The zero-order valence-electron chi connectivity index (χ0n) is 10.9. The summed E-state index contributed by atoms with van der Waals surface area (Å²) in [6.07, 6.45) is 1.39. The average molecular weight is 315 g/mol. The molecule has 0 radical (unpaired) electrons. The van der Waals surface area contributed by atoms with Crippen LogP contribution in [0.1, 0.15) is 12.8 Å². The molecule has 20 heavy (non-hydrogen) atoms. The largest absolute Gasteiger partial charge is 0.465 e. The molecule has 2 bridgehead atoms. The number of hydrogen-bond donors (Lipinski definition) is 2. The third kappa shape index (κ3) is 2.48. The van der Waals surface area contributed by atoms with Gasteiger partial charge in [0.15, 0.2) is 0 Å². The second kappa shape index (κ2) is 5.43. The molecule has 1 aliphatic heterocycles. The van der Waals surface area contributed by atoms with Gasteiger partial charge in [-0.15, -0.1) is 0 Å². The molecule has 1 saturated carbocycles. The Bertz CT molecular complexity index is 518. The summed E-state index contributed by atoms with van der Waals surface area (Å²) in [5.74, 6) is 0.977. The van der Waals surface area contributed by atoms with Gasteiger partial charge in [0.1, 0.15) is 0 Å². The van der Waals surface area contributed by atoms with Gasteiger partial charge in [0.25, 0.3) is 0 Å². The van der Waals surface area contributed by atoms with Crippen molar-refractivity contribution < 1.29 is 9.90 Å². The summed E-state index contributed by atoms with van der Waals surface area (Å²) in [6.45, 7) is 1.51. The predicted octanol–water partition coefficient (Wildman–Crippen LogP) is 3.48. The predicted molar refractivity (Wildman–Crippen MR) is 79.8 cm³/mol. The Balaban J connectivity index is 1.82. The van der Waals surface area contributed by atoms with E-state index in [1.54, 1.807) is 18.2 Å². The summed E-state index contributed by atoms with van der Waals surface area (Å²) in [5, 5.41) is 13.7. The number of fused-ring (bicyclic) bond motifs is 2. The van der Waals surface area contributed by atoms with Crippen LogP contribution in [0.2, 0.25) is 10.0 Å². The van der Waals surface area contributed by atoms with Gasteiger partial charge < -0.3 is 10.4 Å². The molecule has 2 aliphatic rings. The first-order valence-electron chi connectivity index (χ1n) is 6.75. The van der Waals surface area contributed by atoms with E-state index >= 15 is 0 Å². The molecule has 6 heteroatoms. The van der Waals surface area contributed by atoms with Crippen molar-refractivity contribution in [1.82, 2.24) is 5.32 Å². The number of nitrogens with zero attached hydrogens (tertiary/aromatic N) is 1. The van der Waals surface area contributed by atoms with Crippen molar-refractivity contribution in [3.05, 3.63) is 28.2 Å². The minimum Gasteiger partial charge on any atom is -0.465 e. The summed E-state index contributed by atoms with van der Waals surface area (Å²) in [7, 11) is 0. The molecular formula is C14H16Cl2N2O2. The normalized spacial score (nSPS) is 27.8. The fourth-order valence-corrected chi connectivity index (χ4v) is 3.69. The number of amides is 1. The van der Waals surface area contributed by atoms with Crippen molar-refractivity contribution in [3.8, 4) is 0 Å². The summed E-state index contributed by atoms with van der Waals surface area (Å²) in [6, 6.07) is 5.40. The first-order valence-corrected chi connectivity index (χ1v) is 7.50. The van der Waals surface area contributed by atoms with Gasteiger partial charge in [-0.25, -0.2) is 4.79 Å². The highest BCUT2D eigenvalue weighted by molar-refractivity contribution is 6.42. The lowest BCUT2D eigenvalue weighted by atomic mass is 9.97. The minimum absolute atomic E-state index is 0.378. The van der Waals surface area contributed by atoms with Crippen LogP contribution in [0.25, 0.3) is 0 Å². The molecule has 3 rings (SSSR count). The fourth-order valence-electron chi connectivity index (χ4n) is 3.39. The van der Waals surface area contributed by atoms with Crippen molar-refractivity contribution in [2.24, 2.45) is 11.8 Å². The summed E-state index contributed by atoms with van der Waals surface area (Å²) < 4.78 is 0. The van der Waals surface area contributed by atoms with E-state index in [2.05, 4.69) is 5.32 Å². The van der Waals surface area contributed by atoms with E-state index in [0.29, 0.717) is 40.2 Å². The summed E-state index contributed by atoms with van der Waals surface area (Å²) in [4.78, 5) is 12.9. The van der Waals surface area contributed by atoms with Gasteiger partial charge in [0.2, 0.25) is 0 Å². The van der Waals surface area contributed by atoms with Crippen LogP contribution in [0.4, 0.5) is 10.5 Å². The van der Waals surface area contributed by atoms with Gasteiger partial charge in [-0.2, -0.15) is 0 Å². The molecule has 2 fully saturated rings. The third-order valence-corrected chi connectivity index (χ3v) is 5.19. The van der Waals surface area contributed by atoms with Crippen LogP contribution in [0, 0.1) is 11.8 Å². The van der Waals surface area contributed by atoms with E-state index in [4.69, 9.17) is 23.2 Å². The number of anilines is 1. The van der Waals surface area contributed by atoms with Gasteiger partial charge in [0, 0.05) is 18.3 Å². The lowest BCUT2D eigenvalue weighted by Crippen LogP contribution is -2.38. The maximum Gasteiger partial charge on any atom is 0.411 e. The number of hydrogen-bond acceptors (Lipinski definition) is 2. The Hall–Kier alpha value is -0.970. The minimum atomic E-state index is -0.949. The lowest BCUT2D eigenvalue weighted by Gasteiger charge is -2.25. The molecule has 3 unspecified atom stereocenters. The van der Waals surface area contributed by atoms with Crippen molar-refractivity contribution >= 4 is 35.0 Å². The molecular weight excluding hydrogens is 299 g/mol. The van der Waals surface area contributed by atoms with Crippen molar-refractivity contribution in [2.75, 3.05) is 18.0 Å². The van der Waals surface area contributed by atoms with Crippen LogP contribution in [-0.2, 0) is 0 Å². The Morgan fingerprint density at radius 1 is 1.35 bits per heavy atom. The van der Waals surface area contributed by atoms with Gasteiger partial charge >= 0.3 is 6.09 Å². The van der Waals surface area contributed by atoms with E-state index in [-0.39, 0.29) is 0 Å². The van der Waals surface area contributed by atoms with Gasteiger partial charge in [-0.3, -0.25) is 4.90 Å². The Morgan fingerprint density at radius 2 is 2.15 bits per heavy atom. The number of rotatable bonds is 3. The Labute approximate surface area is 127 Å². The third-order valence-electron chi connectivity index (χ3n) is 4.45. The first-order chi connectivity index (χ1) is 9.56. The monoisotopic (exact) mass is 314 g/mol. The molecule has 1 saturated heterocycles. The standard InChI is InChI=1S/C14H16Cl2N2O2/c15-11-3-2-9(5-12(11)16)18(14(19)20)7-10-8-1-4-13(10)17-6-8/h2-3,5,8,10,13,17H,1,4,6-7H2,(H,19,20). The maximum atomic E-state index is 11.5. The fraction of sp³-hybridized carbons (Fsp3) is 0.500. The van der Waals surface area contributed by atoms with Crippen LogP contribution in [0.3, 0.4) is 0 Å².